The lowest BCUT2D eigenvalue weighted by molar-refractivity contribution is -0.111. The summed E-state index contributed by atoms with van der Waals surface area (Å²) in [6.45, 7) is 1.86. The van der Waals surface area contributed by atoms with E-state index in [1.165, 1.54) is 6.08 Å². The van der Waals surface area contributed by atoms with Crippen molar-refractivity contribution in [1.82, 2.24) is 9.78 Å². The maximum atomic E-state index is 11.7. The van der Waals surface area contributed by atoms with Gasteiger partial charge in [-0.05, 0) is 13.3 Å². The summed E-state index contributed by atoms with van der Waals surface area (Å²) in [4.78, 5) is 11.7. The van der Waals surface area contributed by atoms with Crippen molar-refractivity contribution in [2.24, 2.45) is 0 Å². The molecular weight excluding hydrogens is 278 g/mol. The van der Waals surface area contributed by atoms with Crippen molar-refractivity contribution >= 4 is 21.6 Å². The van der Waals surface area contributed by atoms with Crippen LogP contribution in [-0.4, -0.2) is 35.6 Å². The van der Waals surface area contributed by atoms with E-state index in [1.54, 1.807) is 29.1 Å². The van der Waals surface area contributed by atoms with Crippen LogP contribution in [0.3, 0.4) is 0 Å². The number of hydrogen-bond donors (Lipinski definition) is 1. The van der Waals surface area contributed by atoms with Crippen molar-refractivity contribution in [1.29, 1.82) is 0 Å². The van der Waals surface area contributed by atoms with Crippen LogP contribution in [0.2, 0.25) is 0 Å². The molecule has 1 atom stereocenters. The van der Waals surface area contributed by atoms with Crippen LogP contribution in [0, 0.1) is 0 Å². The fraction of sp³-hybridized carbons (Fsp3) is 0.385. The van der Waals surface area contributed by atoms with Crippen molar-refractivity contribution in [2.75, 3.05) is 16.8 Å². The molecule has 6 nitrogen and oxygen atoms in total. The Bertz CT molecular complexity index is 644. The summed E-state index contributed by atoms with van der Waals surface area (Å²) in [5.41, 5.74) is 0. The average molecular weight is 295 g/mol. The molecule has 0 aliphatic carbocycles. The molecule has 0 aromatic carbocycles. The topological polar surface area (TPSA) is 81.1 Å². The average Bonchev–Trinajstić information content (AvgIpc) is 2.96. The molecule has 1 aromatic rings. The van der Waals surface area contributed by atoms with Crippen LogP contribution < -0.4 is 5.32 Å². The van der Waals surface area contributed by atoms with Gasteiger partial charge in [0.25, 0.3) is 0 Å². The van der Waals surface area contributed by atoms with Gasteiger partial charge in [0.05, 0.1) is 23.7 Å². The number of hydrogen-bond acceptors (Lipinski definition) is 4. The molecule has 1 amide bonds. The third kappa shape index (κ3) is 3.57. The molecule has 20 heavy (non-hydrogen) atoms. The Morgan fingerprint density at radius 2 is 2.30 bits per heavy atom. The van der Waals surface area contributed by atoms with Crippen LogP contribution in [0.25, 0.3) is 0 Å². The molecule has 2 heterocycles. The van der Waals surface area contributed by atoms with Gasteiger partial charge in [-0.3, -0.25) is 4.79 Å². The van der Waals surface area contributed by atoms with Crippen LogP contribution >= 0.6 is 0 Å². The normalized spacial score (nSPS) is 21.8. The van der Waals surface area contributed by atoms with Crippen molar-refractivity contribution in [3.05, 3.63) is 36.6 Å². The van der Waals surface area contributed by atoms with Gasteiger partial charge >= 0.3 is 0 Å². The molecule has 1 N–H and O–H groups in total. The Labute approximate surface area is 118 Å². The van der Waals surface area contributed by atoms with E-state index in [9.17, 15) is 13.2 Å². The molecule has 0 bridgehead atoms. The number of aromatic nitrogens is 2. The highest BCUT2D eigenvalue weighted by Crippen LogP contribution is 2.26. The van der Waals surface area contributed by atoms with Gasteiger partial charge in [0, 0.05) is 12.1 Å². The first-order valence-electron chi connectivity index (χ1n) is 6.36. The van der Waals surface area contributed by atoms with E-state index in [-0.39, 0.29) is 23.5 Å². The van der Waals surface area contributed by atoms with Crippen molar-refractivity contribution in [3.63, 3.8) is 0 Å². The molecule has 0 saturated carbocycles. The number of carbonyl (C=O) groups excluding carboxylic acids is 1. The summed E-state index contributed by atoms with van der Waals surface area (Å²) in [7, 11) is -2.98. The third-order valence-electron chi connectivity index (χ3n) is 3.03. The molecule has 7 heteroatoms. The van der Waals surface area contributed by atoms with Crippen LogP contribution in [0.4, 0.5) is 5.82 Å². The van der Waals surface area contributed by atoms with E-state index in [1.807, 2.05) is 13.0 Å². The lowest BCUT2D eigenvalue weighted by Gasteiger charge is -2.12. The van der Waals surface area contributed by atoms with Crippen LogP contribution in [0.15, 0.2) is 36.6 Å². The summed E-state index contributed by atoms with van der Waals surface area (Å²) in [5.74, 6) is 0.492. The third-order valence-corrected chi connectivity index (χ3v) is 4.78. The van der Waals surface area contributed by atoms with Crippen LogP contribution in [0.5, 0.6) is 0 Å². The Hall–Kier alpha value is -1.89. The van der Waals surface area contributed by atoms with E-state index in [0.29, 0.717) is 12.2 Å². The Morgan fingerprint density at radius 1 is 1.50 bits per heavy atom. The molecule has 1 aromatic heterocycles. The first-order valence-corrected chi connectivity index (χ1v) is 8.18. The summed E-state index contributed by atoms with van der Waals surface area (Å²) < 4.78 is 24.6. The highest BCUT2D eigenvalue weighted by molar-refractivity contribution is 7.91. The maximum Gasteiger partial charge on any atom is 0.249 e. The fourth-order valence-corrected chi connectivity index (χ4v) is 3.79. The lowest BCUT2D eigenvalue weighted by atomic mass is 10.3. The number of carbonyl (C=O) groups is 1. The Balaban J connectivity index is 2.08. The van der Waals surface area contributed by atoms with Gasteiger partial charge in [-0.2, -0.15) is 5.10 Å². The number of nitrogens with one attached hydrogen (secondary N) is 1. The van der Waals surface area contributed by atoms with E-state index in [0.717, 1.165) is 0 Å². The summed E-state index contributed by atoms with van der Waals surface area (Å²) >= 11 is 0. The smallest absolute Gasteiger partial charge is 0.249 e. The Morgan fingerprint density at radius 3 is 2.95 bits per heavy atom. The molecule has 1 aliphatic heterocycles. The summed E-state index contributed by atoms with van der Waals surface area (Å²) in [6, 6.07) is 1.46. The largest absolute Gasteiger partial charge is 0.307 e. The van der Waals surface area contributed by atoms with Crippen molar-refractivity contribution in [2.45, 2.75) is 19.4 Å². The van der Waals surface area contributed by atoms with Gasteiger partial charge < -0.3 is 5.32 Å². The minimum absolute atomic E-state index is 0.0754. The van der Waals surface area contributed by atoms with E-state index >= 15 is 0 Å². The monoisotopic (exact) mass is 295 g/mol. The SMILES string of the molecule is CC=CC=CC(=O)Nc1ccnn1C1CCS(=O)(=O)C1. The zero-order chi connectivity index (χ0) is 14.6. The summed E-state index contributed by atoms with van der Waals surface area (Å²) in [6.07, 6.45) is 8.69. The minimum Gasteiger partial charge on any atom is -0.307 e. The first-order chi connectivity index (χ1) is 9.52. The van der Waals surface area contributed by atoms with Crippen LogP contribution in [0.1, 0.15) is 19.4 Å². The molecule has 0 spiro atoms. The highest BCUT2D eigenvalue weighted by atomic mass is 32.2. The molecular formula is C13H17N3O3S. The second kappa shape index (κ2) is 6.04. The molecule has 1 aliphatic rings. The predicted molar refractivity (Wildman–Crippen MR) is 77.1 cm³/mol. The molecule has 1 saturated heterocycles. The number of amides is 1. The quantitative estimate of drug-likeness (QED) is 0.671. The van der Waals surface area contributed by atoms with Gasteiger partial charge in [-0.25, -0.2) is 13.1 Å². The zero-order valence-electron chi connectivity index (χ0n) is 11.2. The van der Waals surface area contributed by atoms with Gasteiger partial charge in [0.2, 0.25) is 5.91 Å². The predicted octanol–water partition coefficient (Wildman–Crippen LogP) is 1.31. The minimum atomic E-state index is -2.98. The van der Waals surface area contributed by atoms with Crippen molar-refractivity contribution in [3.8, 4) is 0 Å². The van der Waals surface area contributed by atoms with Gasteiger partial charge in [-0.1, -0.05) is 18.2 Å². The zero-order valence-corrected chi connectivity index (χ0v) is 12.0. The molecule has 108 valence electrons. The number of sulfone groups is 1. The number of rotatable bonds is 4. The number of anilines is 1. The molecule has 1 unspecified atom stereocenters. The van der Waals surface area contributed by atoms with Gasteiger partial charge in [0.15, 0.2) is 9.84 Å². The van der Waals surface area contributed by atoms with Gasteiger partial charge in [0.1, 0.15) is 5.82 Å². The first kappa shape index (κ1) is 14.5. The molecule has 1 fully saturated rings. The maximum absolute atomic E-state index is 11.7. The van der Waals surface area contributed by atoms with Crippen molar-refractivity contribution < 1.29 is 13.2 Å². The fourth-order valence-electron chi connectivity index (χ4n) is 2.09. The van der Waals surface area contributed by atoms with E-state index in [2.05, 4.69) is 10.4 Å². The van der Waals surface area contributed by atoms with E-state index < -0.39 is 9.84 Å². The second-order valence-electron chi connectivity index (χ2n) is 4.59. The van der Waals surface area contributed by atoms with Gasteiger partial charge in [-0.15, -0.1) is 0 Å². The lowest BCUT2D eigenvalue weighted by Crippen LogP contribution is -2.18. The molecule has 0 radical (unpaired) electrons. The van der Waals surface area contributed by atoms with Crippen LogP contribution in [-0.2, 0) is 14.6 Å². The number of allylic oxidation sites excluding steroid dienone is 3. The highest BCUT2D eigenvalue weighted by Gasteiger charge is 2.30. The van der Waals surface area contributed by atoms with E-state index in [4.69, 9.17) is 0 Å². The Kier molecular flexibility index (Phi) is 4.39. The summed E-state index contributed by atoms with van der Waals surface area (Å²) in [5, 5.41) is 6.81. The standard InChI is InChI=1S/C13H17N3O3S/c1-2-3-4-5-13(17)15-12-6-8-14-16(12)11-7-9-20(18,19)10-11/h2-6,8,11H,7,9-10H2,1H3,(H,15,17). The molecule has 2 rings (SSSR count). The second-order valence-corrected chi connectivity index (χ2v) is 6.82. The number of nitrogens with zero attached hydrogens (tertiary/aromatic N) is 2.